The molecule has 220 valence electrons. The summed E-state index contributed by atoms with van der Waals surface area (Å²) in [5, 5.41) is 23.5. The molecule has 0 spiro atoms. The summed E-state index contributed by atoms with van der Waals surface area (Å²) in [7, 11) is 1.49. The van der Waals surface area contributed by atoms with Gasteiger partial charge >= 0.3 is 11.9 Å². The number of carbonyl (C=O) groups is 2. The number of hydrogen-bond acceptors (Lipinski definition) is 6. The number of rotatable bonds is 2. The van der Waals surface area contributed by atoms with Crippen molar-refractivity contribution in [2.75, 3.05) is 7.11 Å². The summed E-state index contributed by atoms with van der Waals surface area (Å²) in [6, 6.07) is 0. The molecule has 0 amide bonds. The quantitative estimate of drug-likeness (QED) is 0.335. The predicted octanol–water partition coefficient (Wildman–Crippen LogP) is 5.83. The van der Waals surface area contributed by atoms with Gasteiger partial charge in [-0.3, -0.25) is 9.59 Å². The Balaban J connectivity index is 1.61. The van der Waals surface area contributed by atoms with Crippen LogP contribution in [0.1, 0.15) is 107 Å². The summed E-state index contributed by atoms with van der Waals surface area (Å²) in [6.07, 6.45) is 7.91. The fraction of sp³-hybridized carbons (Fsp3) is 0.879. The summed E-state index contributed by atoms with van der Waals surface area (Å²) in [5.41, 5.74) is -1.10. The van der Waals surface area contributed by atoms with Gasteiger partial charge in [0, 0.05) is 18.3 Å². The van der Waals surface area contributed by atoms with E-state index in [1.54, 1.807) is 0 Å². The lowest BCUT2D eigenvalue weighted by Gasteiger charge is -2.72. The second-order valence-electron chi connectivity index (χ2n) is 15.7. The number of ether oxygens (including phenoxy) is 2. The van der Waals surface area contributed by atoms with Crippen LogP contribution in [0.25, 0.3) is 0 Å². The maximum Gasteiger partial charge on any atom is 0.312 e. The molecule has 2 N–H and O–H groups in total. The molecule has 39 heavy (non-hydrogen) atoms. The number of hydrogen-bond donors (Lipinski definition) is 2. The van der Waals surface area contributed by atoms with Crippen LogP contribution in [0.15, 0.2) is 11.6 Å². The van der Waals surface area contributed by atoms with Gasteiger partial charge in [-0.1, -0.05) is 53.2 Å². The van der Waals surface area contributed by atoms with Crippen molar-refractivity contribution in [3.8, 4) is 0 Å². The molecule has 4 fully saturated rings. The first kappa shape index (κ1) is 29.1. The number of fused-ring (bicyclic) bond motifs is 7. The molecule has 0 radical (unpaired) electrons. The summed E-state index contributed by atoms with van der Waals surface area (Å²) in [6.45, 7) is 17.1. The molecule has 0 aliphatic heterocycles. The molecule has 0 bridgehead atoms. The van der Waals surface area contributed by atoms with E-state index < -0.39 is 23.2 Å². The number of aliphatic hydroxyl groups is 2. The Kier molecular flexibility index (Phi) is 6.57. The lowest BCUT2D eigenvalue weighted by molar-refractivity contribution is -0.243. The lowest BCUT2D eigenvalue weighted by atomic mass is 9.33. The van der Waals surface area contributed by atoms with Crippen LogP contribution in [0.4, 0.5) is 0 Å². The van der Waals surface area contributed by atoms with Crippen molar-refractivity contribution in [3.05, 3.63) is 11.6 Å². The summed E-state index contributed by atoms with van der Waals surface area (Å²) in [5.74, 6) is -0.0237. The minimum atomic E-state index is -0.996. The number of esters is 2. The van der Waals surface area contributed by atoms with Crippen molar-refractivity contribution in [2.24, 2.45) is 50.7 Å². The average Bonchev–Trinajstić information content (AvgIpc) is 2.83. The molecular weight excluding hydrogens is 492 g/mol. The van der Waals surface area contributed by atoms with E-state index >= 15 is 0 Å². The maximum absolute atomic E-state index is 13.5. The summed E-state index contributed by atoms with van der Waals surface area (Å²) < 4.78 is 11.2. The molecule has 0 heterocycles. The van der Waals surface area contributed by atoms with Gasteiger partial charge in [0.15, 0.2) is 0 Å². The second kappa shape index (κ2) is 8.80. The standard InChI is InChI=1S/C33H52O6/c1-19-12-15-33(27(36)38-9)17-16-30(6)21(25(33)32(19,8)37)10-11-24-29(5)18-22(35)26(39-20(2)34)28(3,4)23(29)13-14-31(24,30)7/h10,19,22-26,35,37H,11-18H2,1-9H3/t19-,22-,23+,24-,25+,26+,29+,30-,31-,32-,33+/m1/s1. The van der Waals surface area contributed by atoms with E-state index in [9.17, 15) is 19.8 Å². The predicted molar refractivity (Wildman–Crippen MR) is 149 cm³/mol. The van der Waals surface area contributed by atoms with Crippen LogP contribution in [0.5, 0.6) is 0 Å². The Labute approximate surface area is 235 Å². The molecule has 5 rings (SSSR count). The SMILES string of the molecule is COC(=O)[C@]12CC[C@@H](C)[C@@](C)(O)[C@@H]1C1=CC[C@@H]3[C@@]4(C)C[C@@H](O)[C@H](OC(C)=O)C(C)(C)[C@@H]4CC[C@@]3(C)[C@]1(C)CC2. The fourth-order valence-electron chi connectivity index (χ4n) is 11.6. The van der Waals surface area contributed by atoms with E-state index in [0.717, 1.165) is 44.9 Å². The van der Waals surface area contributed by atoms with Gasteiger partial charge in [-0.15, -0.1) is 0 Å². The first-order valence-corrected chi connectivity index (χ1v) is 15.3. The number of allylic oxidation sites excluding steroid dienone is 1. The molecule has 6 nitrogen and oxygen atoms in total. The zero-order valence-corrected chi connectivity index (χ0v) is 25.7. The molecule has 0 aromatic rings. The van der Waals surface area contributed by atoms with Gasteiger partial charge in [-0.2, -0.15) is 0 Å². The third-order valence-electron chi connectivity index (χ3n) is 13.8. The van der Waals surface area contributed by atoms with Crippen molar-refractivity contribution >= 4 is 11.9 Å². The van der Waals surface area contributed by atoms with Crippen molar-refractivity contribution in [1.29, 1.82) is 0 Å². The molecular formula is C33H52O6. The van der Waals surface area contributed by atoms with Gasteiger partial charge < -0.3 is 19.7 Å². The van der Waals surface area contributed by atoms with E-state index in [2.05, 4.69) is 47.6 Å². The number of methoxy groups -OCH3 is 1. The van der Waals surface area contributed by atoms with Gasteiger partial charge in [-0.25, -0.2) is 0 Å². The third-order valence-corrected chi connectivity index (χ3v) is 13.8. The van der Waals surface area contributed by atoms with Crippen molar-refractivity contribution in [2.45, 2.75) is 125 Å². The van der Waals surface area contributed by atoms with Crippen LogP contribution in [-0.4, -0.2) is 47.1 Å². The van der Waals surface area contributed by atoms with E-state index in [1.807, 2.05) is 6.92 Å². The van der Waals surface area contributed by atoms with Gasteiger partial charge in [0.1, 0.15) is 6.10 Å². The Hall–Kier alpha value is -1.40. The van der Waals surface area contributed by atoms with Gasteiger partial charge in [-0.05, 0) is 92.3 Å². The van der Waals surface area contributed by atoms with Crippen LogP contribution < -0.4 is 0 Å². The molecule has 5 aliphatic carbocycles. The van der Waals surface area contributed by atoms with E-state index in [1.165, 1.54) is 19.6 Å². The van der Waals surface area contributed by atoms with Gasteiger partial charge in [0.25, 0.3) is 0 Å². The molecule has 6 heteroatoms. The minimum absolute atomic E-state index is 0.0502. The highest BCUT2D eigenvalue weighted by molar-refractivity contribution is 5.79. The maximum atomic E-state index is 13.5. The van der Waals surface area contributed by atoms with Crippen molar-refractivity contribution < 1.29 is 29.3 Å². The van der Waals surface area contributed by atoms with E-state index in [-0.39, 0.29) is 45.4 Å². The minimum Gasteiger partial charge on any atom is -0.469 e. The van der Waals surface area contributed by atoms with Crippen LogP contribution in [-0.2, 0) is 19.1 Å². The normalized spacial score (nSPS) is 52.2. The zero-order chi connectivity index (χ0) is 29.0. The van der Waals surface area contributed by atoms with Crippen LogP contribution in [0.3, 0.4) is 0 Å². The highest BCUT2D eigenvalue weighted by atomic mass is 16.6. The average molecular weight is 545 g/mol. The number of carbonyl (C=O) groups excluding carboxylic acids is 2. The lowest BCUT2D eigenvalue weighted by Crippen LogP contribution is -2.69. The monoisotopic (exact) mass is 544 g/mol. The highest BCUT2D eigenvalue weighted by Gasteiger charge is 2.72. The van der Waals surface area contributed by atoms with Gasteiger partial charge in [0.2, 0.25) is 0 Å². The zero-order valence-electron chi connectivity index (χ0n) is 25.7. The van der Waals surface area contributed by atoms with E-state index in [4.69, 9.17) is 9.47 Å². The first-order chi connectivity index (χ1) is 17.9. The second-order valence-corrected chi connectivity index (χ2v) is 15.7. The van der Waals surface area contributed by atoms with E-state index in [0.29, 0.717) is 18.3 Å². The molecule has 0 aromatic carbocycles. The molecule has 0 aromatic heterocycles. The first-order valence-electron chi connectivity index (χ1n) is 15.3. The Bertz CT molecular complexity index is 1080. The fourth-order valence-corrected chi connectivity index (χ4v) is 11.6. The topological polar surface area (TPSA) is 93.1 Å². The highest BCUT2D eigenvalue weighted by Crippen LogP contribution is 2.76. The molecule has 4 saturated carbocycles. The molecule has 5 aliphatic rings. The summed E-state index contributed by atoms with van der Waals surface area (Å²) >= 11 is 0. The number of aliphatic hydroxyl groups excluding tert-OH is 1. The van der Waals surface area contributed by atoms with Crippen LogP contribution in [0.2, 0.25) is 0 Å². The Morgan fingerprint density at radius 2 is 1.64 bits per heavy atom. The van der Waals surface area contributed by atoms with Crippen LogP contribution in [0, 0.1) is 50.7 Å². The van der Waals surface area contributed by atoms with Gasteiger partial charge in [0.05, 0.1) is 24.2 Å². The molecule has 0 saturated heterocycles. The Morgan fingerprint density at radius 3 is 2.26 bits per heavy atom. The Morgan fingerprint density at radius 1 is 0.974 bits per heavy atom. The molecule has 0 unspecified atom stereocenters. The largest absolute Gasteiger partial charge is 0.469 e. The van der Waals surface area contributed by atoms with Crippen LogP contribution >= 0.6 is 0 Å². The molecule has 11 atom stereocenters. The summed E-state index contributed by atoms with van der Waals surface area (Å²) in [4.78, 5) is 25.4. The third kappa shape index (κ3) is 3.58. The van der Waals surface area contributed by atoms with Crippen molar-refractivity contribution in [3.63, 3.8) is 0 Å². The smallest absolute Gasteiger partial charge is 0.312 e. The van der Waals surface area contributed by atoms with Crippen molar-refractivity contribution in [1.82, 2.24) is 0 Å².